The lowest BCUT2D eigenvalue weighted by atomic mass is 9.97. The fourth-order valence-electron chi connectivity index (χ4n) is 2.11. The number of hydrogen-bond donors (Lipinski definition) is 3. The maximum absolute atomic E-state index is 14.2. The number of rotatable bonds is 4. The Labute approximate surface area is 117 Å². The van der Waals surface area contributed by atoms with Gasteiger partial charge in [0.15, 0.2) is 12.4 Å². The molecule has 4 atom stereocenters. The minimum atomic E-state index is -2.02. The van der Waals surface area contributed by atoms with Crippen molar-refractivity contribution in [3.63, 3.8) is 0 Å². The second kappa shape index (κ2) is 5.66. The van der Waals surface area contributed by atoms with E-state index in [0.717, 1.165) is 10.8 Å². The maximum Gasteiger partial charge on any atom is 0.351 e. The molecule has 1 aromatic rings. The molecular weight excluding hydrogens is 287 g/mol. The summed E-state index contributed by atoms with van der Waals surface area (Å²) >= 11 is 0. The van der Waals surface area contributed by atoms with Crippen LogP contribution in [0, 0.1) is 0 Å². The number of aliphatic hydroxyl groups is 2. The van der Waals surface area contributed by atoms with Gasteiger partial charge in [-0.3, -0.25) is 4.57 Å². The summed E-state index contributed by atoms with van der Waals surface area (Å²) in [4.78, 5) is 17.6. The van der Waals surface area contributed by atoms with Gasteiger partial charge in [0.2, 0.25) is 0 Å². The van der Waals surface area contributed by atoms with E-state index in [1.807, 2.05) is 0 Å². The first-order valence-electron chi connectivity index (χ1n) is 5.91. The third-order valence-corrected chi connectivity index (χ3v) is 3.26. The van der Waals surface area contributed by atoms with Crippen LogP contribution in [-0.4, -0.2) is 50.8 Å². The minimum absolute atomic E-state index is 0.0484. The van der Waals surface area contributed by atoms with Crippen molar-refractivity contribution >= 4 is 5.82 Å². The normalized spacial score (nSPS) is 31.9. The van der Waals surface area contributed by atoms with Gasteiger partial charge < -0.3 is 20.7 Å². The van der Waals surface area contributed by atoms with Crippen LogP contribution >= 0.6 is 0 Å². The van der Waals surface area contributed by atoms with Gasteiger partial charge in [0.1, 0.15) is 17.5 Å². The molecule has 0 aliphatic carbocycles. The van der Waals surface area contributed by atoms with E-state index in [0.29, 0.717) is 0 Å². The molecule has 0 amide bonds. The third-order valence-electron chi connectivity index (χ3n) is 3.26. The SMILES string of the molecule is [N-]=[N+]=NC[C@]1(CO)O[C@@H](n2ccc(N)nc2=O)[C@@H](F)[C@@H]1O. The Morgan fingerprint density at radius 2 is 2.43 bits per heavy atom. The van der Waals surface area contributed by atoms with Crippen LogP contribution in [0.3, 0.4) is 0 Å². The monoisotopic (exact) mass is 300 g/mol. The van der Waals surface area contributed by atoms with Crippen LogP contribution in [0.4, 0.5) is 10.2 Å². The van der Waals surface area contributed by atoms with Crippen molar-refractivity contribution in [1.29, 1.82) is 0 Å². The van der Waals surface area contributed by atoms with E-state index in [2.05, 4.69) is 15.0 Å². The first-order chi connectivity index (χ1) is 9.95. The van der Waals surface area contributed by atoms with Gasteiger partial charge in [-0.05, 0) is 11.6 Å². The predicted octanol–water partition coefficient (Wildman–Crippen LogP) is -0.905. The molecule has 21 heavy (non-hydrogen) atoms. The second-order valence-corrected chi connectivity index (χ2v) is 4.55. The summed E-state index contributed by atoms with van der Waals surface area (Å²) in [5, 5.41) is 22.5. The number of alkyl halides is 1. The molecule has 1 saturated heterocycles. The third kappa shape index (κ3) is 2.54. The summed E-state index contributed by atoms with van der Waals surface area (Å²) in [6.45, 7) is -1.28. The van der Waals surface area contributed by atoms with E-state index >= 15 is 0 Å². The zero-order chi connectivity index (χ0) is 15.6. The molecule has 0 saturated carbocycles. The number of nitrogens with zero attached hydrogens (tertiary/aromatic N) is 5. The van der Waals surface area contributed by atoms with Crippen molar-refractivity contribution in [2.45, 2.75) is 24.1 Å². The lowest BCUT2D eigenvalue weighted by Gasteiger charge is -2.27. The smallest absolute Gasteiger partial charge is 0.351 e. The zero-order valence-electron chi connectivity index (χ0n) is 10.7. The maximum atomic E-state index is 14.2. The molecular formula is C10H13FN6O4. The summed E-state index contributed by atoms with van der Waals surface area (Å²) in [6.07, 6.45) is -4.14. The minimum Gasteiger partial charge on any atom is -0.393 e. The number of azide groups is 1. The van der Waals surface area contributed by atoms with Crippen LogP contribution in [0.2, 0.25) is 0 Å². The average Bonchev–Trinajstić information content (AvgIpc) is 2.71. The molecule has 0 radical (unpaired) electrons. The van der Waals surface area contributed by atoms with E-state index in [4.69, 9.17) is 16.0 Å². The lowest BCUT2D eigenvalue weighted by molar-refractivity contribution is -0.122. The summed E-state index contributed by atoms with van der Waals surface area (Å²) in [6, 6.07) is 1.26. The van der Waals surface area contributed by atoms with Crippen LogP contribution in [0.1, 0.15) is 6.23 Å². The number of anilines is 1. The molecule has 0 spiro atoms. The summed E-state index contributed by atoms with van der Waals surface area (Å²) in [5.74, 6) is -0.0484. The van der Waals surface area contributed by atoms with Crippen LogP contribution in [0.15, 0.2) is 22.2 Å². The van der Waals surface area contributed by atoms with Crippen LogP contribution in [0.25, 0.3) is 10.4 Å². The first kappa shape index (κ1) is 15.2. The van der Waals surface area contributed by atoms with Gasteiger partial charge >= 0.3 is 5.69 Å². The van der Waals surface area contributed by atoms with Crippen LogP contribution < -0.4 is 11.4 Å². The predicted molar refractivity (Wildman–Crippen MR) is 67.8 cm³/mol. The Morgan fingerprint density at radius 1 is 1.71 bits per heavy atom. The number of nitrogens with two attached hydrogens (primary N) is 1. The molecule has 0 aromatic carbocycles. The Bertz CT molecular complexity index is 632. The Balaban J connectivity index is 2.39. The van der Waals surface area contributed by atoms with Gasteiger partial charge in [-0.1, -0.05) is 5.11 Å². The molecule has 114 valence electrons. The van der Waals surface area contributed by atoms with E-state index in [-0.39, 0.29) is 5.82 Å². The Hall–Kier alpha value is -2.20. The van der Waals surface area contributed by atoms with E-state index in [1.165, 1.54) is 6.07 Å². The van der Waals surface area contributed by atoms with Gasteiger partial charge in [-0.25, -0.2) is 9.18 Å². The number of nitrogen functional groups attached to an aromatic ring is 1. The standard InChI is InChI=1S/C10H13FN6O4/c11-6-7(19)10(4-18,3-14-16-13)21-8(6)17-2-1-5(12)15-9(17)20/h1-2,6-8,18-19H,3-4H2,(H2,12,15,20)/t6-,7-,8+,10+/m0/s1. The molecule has 1 aromatic heterocycles. The molecule has 1 aliphatic rings. The highest BCUT2D eigenvalue weighted by molar-refractivity contribution is 5.23. The molecule has 4 N–H and O–H groups in total. The number of halogens is 1. The summed E-state index contributed by atoms with van der Waals surface area (Å²) in [5.41, 5.74) is 11.0. The van der Waals surface area contributed by atoms with Gasteiger partial charge in [0, 0.05) is 11.1 Å². The largest absolute Gasteiger partial charge is 0.393 e. The highest BCUT2D eigenvalue weighted by Crippen LogP contribution is 2.38. The zero-order valence-corrected chi connectivity index (χ0v) is 10.7. The van der Waals surface area contributed by atoms with Gasteiger partial charge in [0.25, 0.3) is 0 Å². The van der Waals surface area contributed by atoms with Gasteiger partial charge in [-0.2, -0.15) is 4.98 Å². The average molecular weight is 300 g/mol. The first-order valence-corrected chi connectivity index (χ1v) is 5.91. The molecule has 10 nitrogen and oxygen atoms in total. The molecule has 0 unspecified atom stereocenters. The lowest BCUT2D eigenvalue weighted by Crippen LogP contribution is -2.48. The quantitative estimate of drug-likeness (QED) is 0.371. The Morgan fingerprint density at radius 3 is 3.00 bits per heavy atom. The molecule has 1 fully saturated rings. The molecule has 0 bridgehead atoms. The van der Waals surface area contributed by atoms with Crippen molar-refractivity contribution in [2.75, 3.05) is 18.9 Å². The van der Waals surface area contributed by atoms with Crippen molar-refractivity contribution < 1.29 is 19.3 Å². The van der Waals surface area contributed by atoms with Gasteiger partial charge in [-0.15, -0.1) is 0 Å². The van der Waals surface area contributed by atoms with E-state index in [9.17, 15) is 19.4 Å². The number of hydrogen-bond acceptors (Lipinski definition) is 7. The van der Waals surface area contributed by atoms with Crippen molar-refractivity contribution in [3.8, 4) is 0 Å². The highest BCUT2D eigenvalue weighted by atomic mass is 19.1. The topological polar surface area (TPSA) is 159 Å². The number of aromatic nitrogens is 2. The molecule has 1 aliphatic heterocycles. The van der Waals surface area contributed by atoms with E-state index in [1.54, 1.807) is 0 Å². The van der Waals surface area contributed by atoms with Crippen LogP contribution in [-0.2, 0) is 4.74 Å². The number of ether oxygens (including phenoxy) is 1. The summed E-state index contributed by atoms with van der Waals surface area (Å²) < 4.78 is 20.3. The van der Waals surface area contributed by atoms with Crippen molar-refractivity contribution in [2.24, 2.45) is 5.11 Å². The number of aliphatic hydroxyl groups excluding tert-OH is 2. The van der Waals surface area contributed by atoms with Crippen LogP contribution in [0.5, 0.6) is 0 Å². The molecule has 11 heteroatoms. The summed E-state index contributed by atoms with van der Waals surface area (Å²) in [7, 11) is 0. The van der Waals surface area contributed by atoms with E-state index < -0.39 is 42.9 Å². The van der Waals surface area contributed by atoms with Gasteiger partial charge in [0.05, 0.1) is 13.2 Å². The fraction of sp³-hybridized carbons (Fsp3) is 0.600. The molecule has 2 rings (SSSR count). The molecule has 2 heterocycles. The fourth-order valence-corrected chi connectivity index (χ4v) is 2.11. The highest BCUT2D eigenvalue weighted by Gasteiger charge is 2.55. The Kier molecular flexibility index (Phi) is 4.09. The van der Waals surface area contributed by atoms with Crippen molar-refractivity contribution in [3.05, 3.63) is 33.2 Å². The second-order valence-electron chi connectivity index (χ2n) is 4.55. The van der Waals surface area contributed by atoms with Crippen molar-refractivity contribution in [1.82, 2.24) is 9.55 Å².